The van der Waals surface area contributed by atoms with Gasteiger partial charge in [0, 0.05) is 6.04 Å². The first-order valence-electron chi connectivity index (χ1n) is 9.43. The van der Waals surface area contributed by atoms with Crippen LogP contribution in [0.15, 0.2) is 0 Å². The lowest BCUT2D eigenvalue weighted by Crippen LogP contribution is -2.50. The number of urea groups is 1. The Morgan fingerprint density at radius 3 is 2.13 bits per heavy atom. The molecular formula is C18H30N2O3. The van der Waals surface area contributed by atoms with E-state index in [1.54, 1.807) is 0 Å². The lowest BCUT2D eigenvalue weighted by molar-refractivity contribution is -0.131. The second kappa shape index (κ2) is 7.65. The molecule has 3 rings (SSSR count). The Morgan fingerprint density at radius 2 is 1.43 bits per heavy atom. The molecule has 0 aromatic heterocycles. The SMILES string of the molecule is O=C(NC(=O)C1CC2CCCCC2CC1O)NC1CCCCC1. The molecule has 3 aliphatic carbocycles. The highest BCUT2D eigenvalue weighted by Crippen LogP contribution is 2.42. The number of hydrogen-bond donors (Lipinski definition) is 3. The molecule has 3 N–H and O–H groups in total. The number of nitrogens with one attached hydrogen (secondary N) is 2. The molecule has 3 fully saturated rings. The van der Waals surface area contributed by atoms with Crippen LogP contribution in [0.4, 0.5) is 4.79 Å². The molecule has 3 saturated carbocycles. The summed E-state index contributed by atoms with van der Waals surface area (Å²) in [6, 6.07) is -0.199. The van der Waals surface area contributed by atoms with Gasteiger partial charge in [-0.2, -0.15) is 0 Å². The van der Waals surface area contributed by atoms with Crippen LogP contribution in [-0.4, -0.2) is 29.2 Å². The quantitative estimate of drug-likeness (QED) is 0.731. The Hall–Kier alpha value is -1.10. The van der Waals surface area contributed by atoms with E-state index < -0.39 is 12.0 Å². The number of rotatable bonds is 2. The van der Waals surface area contributed by atoms with Crippen molar-refractivity contribution < 1.29 is 14.7 Å². The van der Waals surface area contributed by atoms with Gasteiger partial charge >= 0.3 is 6.03 Å². The monoisotopic (exact) mass is 322 g/mol. The van der Waals surface area contributed by atoms with E-state index in [2.05, 4.69) is 10.6 Å². The van der Waals surface area contributed by atoms with Gasteiger partial charge in [0.25, 0.3) is 0 Å². The molecule has 0 aromatic rings. The van der Waals surface area contributed by atoms with Gasteiger partial charge in [-0.3, -0.25) is 10.1 Å². The number of fused-ring (bicyclic) bond motifs is 1. The van der Waals surface area contributed by atoms with Crippen molar-refractivity contribution in [3.8, 4) is 0 Å². The average Bonchev–Trinajstić information content (AvgIpc) is 2.55. The molecule has 5 nitrogen and oxygen atoms in total. The second-order valence-electron chi connectivity index (χ2n) is 7.75. The van der Waals surface area contributed by atoms with Gasteiger partial charge in [0.05, 0.1) is 12.0 Å². The standard InChI is InChI=1S/C18H30N2O3/c21-16-11-13-7-5-4-6-12(13)10-15(16)17(22)20-18(23)19-14-8-2-1-3-9-14/h12-16,21H,1-11H2,(H2,19,20,22,23). The van der Waals surface area contributed by atoms with Crippen molar-refractivity contribution in [2.24, 2.45) is 17.8 Å². The zero-order valence-electron chi connectivity index (χ0n) is 13.9. The number of carbonyl (C=O) groups is 2. The molecule has 3 aliphatic rings. The predicted molar refractivity (Wildman–Crippen MR) is 87.7 cm³/mol. The largest absolute Gasteiger partial charge is 0.392 e. The minimum Gasteiger partial charge on any atom is -0.392 e. The predicted octanol–water partition coefficient (Wildman–Crippen LogP) is 2.72. The molecule has 0 saturated heterocycles. The third-order valence-corrected chi connectivity index (χ3v) is 6.15. The van der Waals surface area contributed by atoms with E-state index in [0.29, 0.717) is 18.3 Å². The first-order valence-corrected chi connectivity index (χ1v) is 9.43. The third kappa shape index (κ3) is 4.25. The minimum atomic E-state index is -0.600. The van der Waals surface area contributed by atoms with E-state index in [1.165, 1.54) is 25.7 Å². The van der Waals surface area contributed by atoms with Crippen LogP contribution in [0, 0.1) is 17.8 Å². The molecule has 0 aliphatic heterocycles. The molecule has 0 aromatic carbocycles. The fraction of sp³-hybridized carbons (Fsp3) is 0.889. The van der Waals surface area contributed by atoms with Crippen LogP contribution in [0.3, 0.4) is 0 Å². The van der Waals surface area contributed by atoms with Gasteiger partial charge in [-0.05, 0) is 37.5 Å². The minimum absolute atomic E-state index is 0.190. The molecule has 23 heavy (non-hydrogen) atoms. The van der Waals surface area contributed by atoms with Gasteiger partial charge in [-0.1, -0.05) is 44.9 Å². The molecule has 0 heterocycles. The summed E-state index contributed by atoms with van der Waals surface area (Å²) in [4.78, 5) is 24.4. The average molecular weight is 322 g/mol. The van der Waals surface area contributed by atoms with Crippen molar-refractivity contribution in [3.05, 3.63) is 0 Å². The van der Waals surface area contributed by atoms with Crippen molar-refractivity contribution in [2.45, 2.75) is 82.8 Å². The molecular weight excluding hydrogens is 292 g/mol. The summed E-state index contributed by atoms with van der Waals surface area (Å²) < 4.78 is 0. The van der Waals surface area contributed by atoms with E-state index >= 15 is 0 Å². The number of hydrogen-bond acceptors (Lipinski definition) is 3. The maximum absolute atomic E-state index is 12.4. The molecule has 130 valence electrons. The van der Waals surface area contributed by atoms with Crippen LogP contribution < -0.4 is 10.6 Å². The molecule has 5 heteroatoms. The van der Waals surface area contributed by atoms with E-state index in [9.17, 15) is 14.7 Å². The summed E-state index contributed by atoms with van der Waals surface area (Å²) in [6.07, 6.45) is 11.2. The molecule has 0 radical (unpaired) electrons. The van der Waals surface area contributed by atoms with E-state index in [-0.39, 0.29) is 18.0 Å². The maximum Gasteiger partial charge on any atom is 0.321 e. The first kappa shape index (κ1) is 16.7. The highest BCUT2D eigenvalue weighted by atomic mass is 16.3. The van der Waals surface area contributed by atoms with Gasteiger partial charge in [0.2, 0.25) is 5.91 Å². The van der Waals surface area contributed by atoms with E-state index in [4.69, 9.17) is 0 Å². The maximum atomic E-state index is 12.4. The van der Waals surface area contributed by atoms with Gasteiger partial charge in [0.1, 0.15) is 0 Å². The van der Waals surface area contributed by atoms with E-state index in [1.807, 2.05) is 0 Å². The Bertz CT molecular complexity index is 434. The van der Waals surface area contributed by atoms with Crippen molar-refractivity contribution in [1.82, 2.24) is 10.6 Å². The molecule has 0 spiro atoms. The Kier molecular flexibility index (Phi) is 5.57. The second-order valence-corrected chi connectivity index (χ2v) is 7.75. The van der Waals surface area contributed by atoms with Crippen LogP contribution in [0.1, 0.15) is 70.6 Å². The van der Waals surface area contributed by atoms with Crippen LogP contribution in [0.25, 0.3) is 0 Å². The summed E-state index contributed by atoms with van der Waals surface area (Å²) in [5.41, 5.74) is 0. The molecule has 4 atom stereocenters. The van der Waals surface area contributed by atoms with Crippen molar-refractivity contribution >= 4 is 11.9 Å². The highest BCUT2D eigenvalue weighted by Gasteiger charge is 2.40. The lowest BCUT2D eigenvalue weighted by atomic mass is 9.66. The van der Waals surface area contributed by atoms with E-state index in [0.717, 1.165) is 38.5 Å². The highest BCUT2D eigenvalue weighted by molar-refractivity contribution is 5.95. The zero-order valence-corrected chi connectivity index (χ0v) is 13.9. The molecule has 3 amide bonds. The summed E-state index contributed by atoms with van der Waals surface area (Å²) >= 11 is 0. The van der Waals surface area contributed by atoms with Crippen molar-refractivity contribution in [2.75, 3.05) is 0 Å². The number of aliphatic hydroxyl groups is 1. The molecule has 0 bridgehead atoms. The Balaban J connectivity index is 1.49. The smallest absolute Gasteiger partial charge is 0.321 e. The summed E-state index contributed by atoms with van der Waals surface area (Å²) in [5.74, 6) is 0.393. The van der Waals surface area contributed by atoms with Gasteiger partial charge < -0.3 is 10.4 Å². The van der Waals surface area contributed by atoms with Crippen LogP contribution in [0.5, 0.6) is 0 Å². The summed E-state index contributed by atoms with van der Waals surface area (Å²) in [5, 5.41) is 15.7. The number of amides is 3. The Labute approximate surface area is 138 Å². The first-order chi connectivity index (χ1) is 11.1. The summed E-state index contributed by atoms with van der Waals surface area (Å²) in [7, 11) is 0. The van der Waals surface area contributed by atoms with Gasteiger partial charge in [0.15, 0.2) is 0 Å². The third-order valence-electron chi connectivity index (χ3n) is 6.15. The molecule has 4 unspecified atom stereocenters. The number of imide groups is 1. The number of aliphatic hydroxyl groups excluding tert-OH is 1. The fourth-order valence-electron chi connectivity index (χ4n) is 4.82. The van der Waals surface area contributed by atoms with Crippen molar-refractivity contribution in [3.63, 3.8) is 0 Å². The van der Waals surface area contributed by atoms with Gasteiger partial charge in [-0.15, -0.1) is 0 Å². The zero-order chi connectivity index (χ0) is 16.2. The topological polar surface area (TPSA) is 78.4 Å². The fourth-order valence-corrected chi connectivity index (χ4v) is 4.82. The van der Waals surface area contributed by atoms with Crippen molar-refractivity contribution in [1.29, 1.82) is 0 Å². The van der Waals surface area contributed by atoms with Crippen LogP contribution >= 0.6 is 0 Å². The summed E-state index contributed by atoms with van der Waals surface area (Å²) in [6.45, 7) is 0. The van der Waals surface area contributed by atoms with Crippen LogP contribution in [-0.2, 0) is 4.79 Å². The van der Waals surface area contributed by atoms with Gasteiger partial charge in [-0.25, -0.2) is 4.79 Å². The lowest BCUT2D eigenvalue weighted by Gasteiger charge is -2.41. The Morgan fingerprint density at radius 1 is 0.826 bits per heavy atom. The normalized spacial score (nSPS) is 35.2. The number of carbonyl (C=O) groups excluding carboxylic acids is 2. The van der Waals surface area contributed by atoms with Crippen LogP contribution in [0.2, 0.25) is 0 Å².